The van der Waals surface area contributed by atoms with Gasteiger partial charge < -0.3 is 16.0 Å². The van der Waals surface area contributed by atoms with Gasteiger partial charge in [-0.25, -0.2) is 0 Å². The standard InChI is InChI=1S/C17H27N3O/c1-3-4-7-11-19-17(21)13(2)20-12-10-15(18)14-8-5-6-9-16(14)20/h5-6,8-9,13,15H,3-4,7,10-12,18H2,1-2H3,(H,19,21). The largest absolute Gasteiger partial charge is 0.359 e. The molecule has 2 atom stereocenters. The fourth-order valence-electron chi connectivity index (χ4n) is 2.89. The average Bonchev–Trinajstić information content (AvgIpc) is 2.51. The molecule has 0 saturated carbocycles. The molecule has 0 saturated heterocycles. The van der Waals surface area contributed by atoms with E-state index >= 15 is 0 Å². The summed E-state index contributed by atoms with van der Waals surface area (Å²) in [5.41, 5.74) is 8.42. The van der Waals surface area contributed by atoms with Crippen molar-refractivity contribution in [3.63, 3.8) is 0 Å². The molecule has 0 radical (unpaired) electrons. The lowest BCUT2D eigenvalue weighted by Gasteiger charge is -2.37. The number of nitrogens with zero attached hydrogens (tertiary/aromatic N) is 1. The van der Waals surface area contributed by atoms with Crippen LogP contribution >= 0.6 is 0 Å². The van der Waals surface area contributed by atoms with E-state index in [2.05, 4.69) is 29.3 Å². The maximum absolute atomic E-state index is 12.3. The van der Waals surface area contributed by atoms with Crippen molar-refractivity contribution in [1.29, 1.82) is 0 Å². The summed E-state index contributed by atoms with van der Waals surface area (Å²) in [6.07, 6.45) is 4.28. The Hall–Kier alpha value is -1.55. The number of para-hydroxylation sites is 1. The summed E-state index contributed by atoms with van der Waals surface area (Å²) in [6, 6.07) is 8.08. The van der Waals surface area contributed by atoms with Crippen molar-refractivity contribution in [2.45, 2.75) is 51.6 Å². The van der Waals surface area contributed by atoms with Gasteiger partial charge in [0.15, 0.2) is 0 Å². The molecule has 1 aromatic carbocycles. The molecule has 1 heterocycles. The van der Waals surface area contributed by atoms with Crippen molar-refractivity contribution in [3.8, 4) is 0 Å². The fraction of sp³-hybridized carbons (Fsp3) is 0.588. The summed E-state index contributed by atoms with van der Waals surface area (Å²) in [5, 5.41) is 3.04. The summed E-state index contributed by atoms with van der Waals surface area (Å²) >= 11 is 0. The number of nitrogens with two attached hydrogens (primary N) is 1. The van der Waals surface area contributed by atoms with Crippen LogP contribution in [0, 0.1) is 0 Å². The van der Waals surface area contributed by atoms with Crippen LogP contribution in [0.1, 0.15) is 51.1 Å². The second-order valence-corrected chi connectivity index (χ2v) is 5.82. The summed E-state index contributed by atoms with van der Waals surface area (Å²) in [5.74, 6) is 0.108. The van der Waals surface area contributed by atoms with Gasteiger partial charge in [0.2, 0.25) is 5.91 Å². The van der Waals surface area contributed by atoms with Gasteiger partial charge in [-0.15, -0.1) is 0 Å². The topological polar surface area (TPSA) is 58.4 Å². The van der Waals surface area contributed by atoms with Gasteiger partial charge in [0.1, 0.15) is 6.04 Å². The quantitative estimate of drug-likeness (QED) is 0.791. The molecule has 1 aliphatic heterocycles. The molecule has 0 fully saturated rings. The maximum Gasteiger partial charge on any atom is 0.242 e. The molecule has 1 aliphatic rings. The van der Waals surface area contributed by atoms with Crippen LogP contribution in [-0.4, -0.2) is 25.0 Å². The minimum Gasteiger partial charge on any atom is -0.359 e. The van der Waals surface area contributed by atoms with Gasteiger partial charge in [-0.1, -0.05) is 38.0 Å². The van der Waals surface area contributed by atoms with Crippen LogP contribution < -0.4 is 16.0 Å². The number of unbranched alkanes of at least 4 members (excludes halogenated alkanes) is 2. The summed E-state index contributed by atoms with van der Waals surface area (Å²) < 4.78 is 0. The fourth-order valence-corrected chi connectivity index (χ4v) is 2.89. The number of anilines is 1. The zero-order valence-electron chi connectivity index (χ0n) is 13.1. The van der Waals surface area contributed by atoms with Crippen LogP contribution in [0.15, 0.2) is 24.3 Å². The highest BCUT2D eigenvalue weighted by molar-refractivity contribution is 5.85. The summed E-state index contributed by atoms with van der Waals surface area (Å²) in [7, 11) is 0. The van der Waals surface area contributed by atoms with Gasteiger partial charge in [-0.2, -0.15) is 0 Å². The first-order chi connectivity index (χ1) is 10.1. The summed E-state index contributed by atoms with van der Waals surface area (Å²) in [6.45, 7) is 5.74. The molecule has 0 spiro atoms. The highest BCUT2D eigenvalue weighted by Gasteiger charge is 2.28. The Morgan fingerprint density at radius 2 is 2.19 bits per heavy atom. The number of hydrogen-bond acceptors (Lipinski definition) is 3. The van der Waals surface area contributed by atoms with E-state index in [9.17, 15) is 4.79 Å². The van der Waals surface area contributed by atoms with Crippen molar-refractivity contribution in [1.82, 2.24) is 5.32 Å². The molecular weight excluding hydrogens is 262 g/mol. The van der Waals surface area contributed by atoms with E-state index in [1.54, 1.807) is 0 Å². The predicted molar refractivity (Wildman–Crippen MR) is 87.3 cm³/mol. The number of fused-ring (bicyclic) bond motifs is 1. The van der Waals surface area contributed by atoms with Crippen LogP contribution in [-0.2, 0) is 4.79 Å². The number of benzene rings is 1. The van der Waals surface area contributed by atoms with E-state index in [0.717, 1.165) is 43.6 Å². The Labute approximate surface area is 127 Å². The normalized spacial score (nSPS) is 19.0. The molecule has 4 nitrogen and oxygen atoms in total. The van der Waals surface area contributed by atoms with Gasteiger partial charge in [0.05, 0.1) is 0 Å². The van der Waals surface area contributed by atoms with E-state index in [1.165, 1.54) is 6.42 Å². The SMILES string of the molecule is CCCCCNC(=O)C(C)N1CCC(N)c2ccccc21. The van der Waals surface area contributed by atoms with Crippen molar-refractivity contribution in [3.05, 3.63) is 29.8 Å². The average molecular weight is 289 g/mol. The number of rotatable bonds is 6. The van der Waals surface area contributed by atoms with Crippen molar-refractivity contribution < 1.29 is 4.79 Å². The molecule has 2 rings (SSSR count). The molecule has 0 aromatic heterocycles. The highest BCUT2D eigenvalue weighted by atomic mass is 16.2. The van der Waals surface area contributed by atoms with Crippen LogP contribution in [0.3, 0.4) is 0 Å². The molecule has 1 aromatic rings. The van der Waals surface area contributed by atoms with E-state index in [4.69, 9.17) is 5.73 Å². The second kappa shape index (κ2) is 7.46. The Morgan fingerprint density at radius 3 is 2.95 bits per heavy atom. The predicted octanol–water partition coefficient (Wildman–Crippen LogP) is 2.59. The lowest BCUT2D eigenvalue weighted by molar-refractivity contribution is -0.122. The maximum atomic E-state index is 12.3. The Morgan fingerprint density at radius 1 is 1.43 bits per heavy atom. The van der Waals surface area contributed by atoms with E-state index in [-0.39, 0.29) is 18.0 Å². The third kappa shape index (κ3) is 3.76. The van der Waals surface area contributed by atoms with Gasteiger partial charge in [-0.3, -0.25) is 4.79 Å². The minimum atomic E-state index is -0.153. The lowest BCUT2D eigenvalue weighted by atomic mass is 9.96. The van der Waals surface area contributed by atoms with Gasteiger partial charge in [0, 0.05) is 24.8 Å². The lowest BCUT2D eigenvalue weighted by Crippen LogP contribution is -2.48. The molecule has 0 bridgehead atoms. The number of carbonyl (C=O) groups excluding carboxylic acids is 1. The number of hydrogen-bond donors (Lipinski definition) is 2. The van der Waals surface area contributed by atoms with Crippen LogP contribution in [0.25, 0.3) is 0 Å². The van der Waals surface area contributed by atoms with Gasteiger partial charge in [0.25, 0.3) is 0 Å². The number of nitrogens with one attached hydrogen (secondary N) is 1. The van der Waals surface area contributed by atoms with Crippen molar-refractivity contribution in [2.24, 2.45) is 5.73 Å². The Balaban J connectivity index is 2.01. The van der Waals surface area contributed by atoms with Crippen LogP contribution in [0.2, 0.25) is 0 Å². The molecule has 1 amide bonds. The molecule has 0 aliphatic carbocycles. The number of amides is 1. The Kier molecular flexibility index (Phi) is 5.62. The zero-order valence-corrected chi connectivity index (χ0v) is 13.1. The second-order valence-electron chi connectivity index (χ2n) is 5.82. The molecular formula is C17H27N3O. The molecule has 4 heteroatoms. The first-order valence-corrected chi connectivity index (χ1v) is 8.04. The van der Waals surface area contributed by atoms with Crippen molar-refractivity contribution >= 4 is 11.6 Å². The molecule has 116 valence electrons. The van der Waals surface area contributed by atoms with Gasteiger partial charge >= 0.3 is 0 Å². The molecule has 2 unspecified atom stereocenters. The third-order valence-corrected chi connectivity index (χ3v) is 4.25. The van der Waals surface area contributed by atoms with Crippen molar-refractivity contribution in [2.75, 3.05) is 18.0 Å². The smallest absolute Gasteiger partial charge is 0.242 e. The van der Waals surface area contributed by atoms with E-state index in [1.807, 2.05) is 19.1 Å². The zero-order chi connectivity index (χ0) is 15.2. The van der Waals surface area contributed by atoms with E-state index < -0.39 is 0 Å². The number of carbonyl (C=O) groups is 1. The molecule has 21 heavy (non-hydrogen) atoms. The van der Waals surface area contributed by atoms with Crippen LogP contribution in [0.5, 0.6) is 0 Å². The third-order valence-electron chi connectivity index (χ3n) is 4.25. The first kappa shape index (κ1) is 15.8. The summed E-state index contributed by atoms with van der Waals surface area (Å²) in [4.78, 5) is 14.5. The highest BCUT2D eigenvalue weighted by Crippen LogP contribution is 2.33. The van der Waals surface area contributed by atoms with Crippen LogP contribution in [0.4, 0.5) is 5.69 Å². The first-order valence-electron chi connectivity index (χ1n) is 8.04. The Bertz CT molecular complexity index is 475. The minimum absolute atomic E-state index is 0.0808. The van der Waals surface area contributed by atoms with E-state index in [0.29, 0.717) is 0 Å². The molecule has 3 N–H and O–H groups in total. The van der Waals surface area contributed by atoms with Gasteiger partial charge in [-0.05, 0) is 31.4 Å². The monoisotopic (exact) mass is 289 g/mol.